The first kappa shape index (κ1) is 16.4. The standard InChI is InChI=1S/C15H23NO4/c1-8(2)13(14(19)20)16-9(3)12-10(17)6-15(4,5)7-11(12)18/h8,13,16H,6-7H2,1-5H3,(H,19,20). The van der Waals surface area contributed by atoms with Crippen molar-refractivity contribution >= 4 is 17.5 Å². The fourth-order valence-electron chi connectivity index (χ4n) is 2.50. The molecule has 0 bridgehead atoms. The number of allylic oxidation sites excluding steroid dienone is 2. The van der Waals surface area contributed by atoms with Gasteiger partial charge in [0.1, 0.15) is 6.04 Å². The summed E-state index contributed by atoms with van der Waals surface area (Å²) in [5, 5.41) is 12.0. The summed E-state index contributed by atoms with van der Waals surface area (Å²) in [6, 6.07) is -0.807. The van der Waals surface area contributed by atoms with E-state index in [1.807, 2.05) is 13.8 Å². The maximum Gasteiger partial charge on any atom is 0.326 e. The maximum absolute atomic E-state index is 12.1. The van der Waals surface area contributed by atoms with Crippen molar-refractivity contribution in [2.24, 2.45) is 11.3 Å². The van der Waals surface area contributed by atoms with Crippen molar-refractivity contribution in [3.05, 3.63) is 11.3 Å². The Hall–Kier alpha value is -1.65. The molecule has 0 spiro atoms. The Kier molecular flexibility index (Phi) is 4.73. The van der Waals surface area contributed by atoms with Gasteiger partial charge in [0.15, 0.2) is 11.6 Å². The molecule has 1 rings (SSSR count). The van der Waals surface area contributed by atoms with Crippen LogP contribution in [-0.4, -0.2) is 28.7 Å². The number of carboxylic acids is 1. The van der Waals surface area contributed by atoms with Crippen LogP contribution in [0.25, 0.3) is 0 Å². The summed E-state index contributed by atoms with van der Waals surface area (Å²) >= 11 is 0. The van der Waals surface area contributed by atoms with Gasteiger partial charge >= 0.3 is 5.97 Å². The molecule has 0 radical (unpaired) electrons. The van der Waals surface area contributed by atoms with Crippen molar-refractivity contribution in [2.45, 2.75) is 53.5 Å². The quantitative estimate of drug-likeness (QED) is 0.607. The summed E-state index contributed by atoms with van der Waals surface area (Å²) in [7, 11) is 0. The van der Waals surface area contributed by atoms with Gasteiger partial charge in [-0.2, -0.15) is 0 Å². The molecule has 0 aromatic rings. The molecule has 0 heterocycles. The van der Waals surface area contributed by atoms with Crippen LogP contribution in [0.1, 0.15) is 47.5 Å². The first-order valence-electron chi connectivity index (χ1n) is 6.82. The fraction of sp³-hybridized carbons (Fsp3) is 0.667. The summed E-state index contributed by atoms with van der Waals surface area (Å²) in [4.78, 5) is 35.4. The van der Waals surface area contributed by atoms with Crippen LogP contribution >= 0.6 is 0 Å². The molecule has 1 saturated carbocycles. The monoisotopic (exact) mass is 281 g/mol. The average Bonchev–Trinajstić information content (AvgIpc) is 2.21. The second-order valence-corrected chi connectivity index (χ2v) is 6.57. The predicted molar refractivity (Wildman–Crippen MR) is 75.1 cm³/mol. The maximum atomic E-state index is 12.1. The fourth-order valence-corrected chi connectivity index (χ4v) is 2.50. The lowest BCUT2D eigenvalue weighted by molar-refractivity contribution is -0.140. The zero-order valence-corrected chi connectivity index (χ0v) is 12.7. The van der Waals surface area contributed by atoms with Gasteiger partial charge in [0.05, 0.1) is 5.57 Å². The molecule has 20 heavy (non-hydrogen) atoms. The molecule has 1 aliphatic rings. The van der Waals surface area contributed by atoms with E-state index in [0.29, 0.717) is 18.5 Å². The minimum atomic E-state index is -0.990. The van der Waals surface area contributed by atoms with E-state index in [1.54, 1.807) is 20.8 Å². The SMILES string of the molecule is CC(NC(C(=O)O)C(C)C)=C1C(=O)CC(C)(C)CC1=O. The lowest BCUT2D eigenvalue weighted by Gasteiger charge is -2.30. The highest BCUT2D eigenvalue weighted by Crippen LogP contribution is 2.34. The molecule has 5 heteroatoms. The Morgan fingerprint density at radius 3 is 2.00 bits per heavy atom. The lowest BCUT2D eigenvalue weighted by atomic mass is 9.73. The van der Waals surface area contributed by atoms with Crippen molar-refractivity contribution in [2.75, 3.05) is 0 Å². The van der Waals surface area contributed by atoms with E-state index >= 15 is 0 Å². The number of nitrogens with one attached hydrogen (secondary N) is 1. The summed E-state index contributed by atoms with van der Waals surface area (Å²) in [6.07, 6.45) is 0.624. The van der Waals surface area contributed by atoms with E-state index in [0.717, 1.165) is 0 Å². The van der Waals surface area contributed by atoms with E-state index in [9.17, 15) is 14.4 Å². The molecule has 5 nitrogen and oxygen atoms in total. The number of hydrogen-bond acceptors (Lipinski definition) is 4. The Labute approximate surface area is 119 Å². The minimum Gasteiger partial charge on any atom is -0.480 e. The third-order valence-corrected chi connectivity index (χ3v) is 3.52. The molecule has 1 fully saturated rings. The van der Waals surface area contributed by atoms with Gasteiger partial charge in [-0.05, 0) is 18.3 Å². The molecular formula is C15H23NO4. The van der Waals surface area contributed by atoms with Gasteiger partial charge < -0.3 is 10.4 Å². The van der Waals surface area contributed by atoms with Crippen molar-refractivity contribution in [3.8, 4) is 0 Å². The third kappa shape index (κ3) is 3.68. The normalized spacial score (nSPS) is 20.0. The highest BCUT2D eigenvalue weighted by atomic mass is 16.4. The first-order chi connectivity index (χ1) is 9.05. The van der Waals surface area contributed by atoms with Gasteiger partial charge in [0.25, 0.3) is 0 Å². The summed E-state index contributed by atoms with van der Waals surface area (Å²) in [5.41, 5.74) is 0.190. The highest BCUT2D eigenvalue weighted by Gasteiger charge is 2.37. The number of ketones is 2. The van der Waals surface area contributed by atoms with E-state index in [2.05, 4.69) is 5.32 Å². The number of rotatable bonds is 4. The Balaban J connectivity index is 3.03. The van der Waals surface area contributed by atoms with Gasteiger partial charge in [0.2, 0.25) is 0 Å². The molecule has 0 aromatic carbocycles. The van der Waals surface area contributed by atoms with Crippen molar-refractivity contribution in [3.63, 3.8) is 0 Å². The molecule has 1 atom stereocenters. The molecule has 0 aromatic heterocycles. The summed E-state index contributed by atoms with van der Waals surface area (Å²) < 4.78 is 0. The molecule has 0 amide bonds. The smallest absolute Gasteiger partial charge is 0.326 e. The van der Waals surface area contributed by atoms with Gasteiger partial charge in [-0.25, -0.2) is 4.79 Å². The molecular weight excluding hydrogens is 258 g/mol. The first-order valence-corrected chi connectivity index (χ1v) is 6.82. The molecule has 1 unspecified atom stereocenters. The molecule has 112 valence electrons. The van der Waals surface area contributed by atoms with E-state index in [4.69, 9.17) is 5.11 Å². The molecule has 2 N–H and O–H groups in total. The summed E-state index contributed by atoms with van der Waals surface area (Å²) in [5.74, 6) is -1.54. The van der Waals surface area contributed by atoms with Crippen LogP contribution in [0.15, 0.2) is 11.3 Å². The van der Waals surface area contributed by atoms with Crippen LogP contribution in [0, 0.1) is 11.3 Å². The van der Waals surface area contributed by atoms with Crippen LogP contribution in [0.5, 0.6) is 0 Å². The van der Waals surface area contributed by atoms with E-state index in [-0.39, 0.29) is 28.5 Å². The van der Waals surface area contributed by atoms with Crippen LogP contribution in [0.2, 0.25) is 0 Å². The highest BCUT2D eigenvalue weighted by molar-refractivity contribution is 6.22. The van der Waals surface area contributed by atoms with Gasteiger partial charge in [0, 0.05) is 18.5 Å². The van der Waals surface area contributed by atoms with E-state index in [1.165, 1.54) is 0 Å². The second kappa shape index (κ2) is 5.77. The zero-order chi connectivity index (χ0) is 15.7. The molecule has 1 aliphatic carbocycles. The number of carboxylic acid groups (broad SMARTS) is 1. The Morgan fingerprint density at radius 2 is 1.65 bits per heavy atom. The lowest BCUT2D eigenvalue weighted by Crippen LogP contribution is -2.42. The van der Waals surface area contributed by atoms with Crippen LogP contribution in [-0.2, 0) is 14.4 Å². The van der Waals surface area contributed by atoms with Crippen LogP contribution in [0.3, 0.4) is 0 Å². The Bertz CT molecular complexity index is 452. The van der Waals surface area contributed by atoms with Gasteiger partial charge in [-0.1, -0.05) is 27.7 Å². The number of carbonyl (C=O) groups excluding carboxylic acids is 2. The number of hydrogen-bond donors (Lipinski definition) is 2. The second-order valence-electron chi connectivity index (χ2n) is 6.57. The largest absolute Gasteiger partial charge is 0.480 e. The van der Waals surface area contributed by atoms with Crippen molar-refractivity contribution < 1.29 is 19.5 Å². The number of carbonyl (C=O) groups is 3. The van der Waals surface area contributed by atoms with E-state index < -0.39 is 12.0 Å². The van der Waals surface area contributed by atoms with Crippen LogP contribution in [0.4, 0.5) is 0 Å². The molecule has 0 saturated heterocycles. The minimum absolute atomic E-state index is 0.135. The van der Waals surface area contributed by atoms with Crippen molar-refractivity contribution in [1.29, 1.82) is 0 Å². The predicted octanol–water partition coefficient (Wildman–Crippen LogP) is 1.92. The number of Topliss-reactive ketones (excluding diaryl/α,β-unsaturated/α-hetero) is 2. The average molecular weight is 281 g/mol. The Morgan fingerprint density at radius 1 is 1.20 bits per heavy atom. The number of aliphatic carboxylic acids is 1. The topological polar surface area (TPSA) is 83.5 Å². The van der Waals surface area contributed by atoms with Crippen molar-refractivity contribution in [1.82, 2.24) is 5.32 Å². The van der Waals surface area contributed by atoms with Crippen LogP contribution < -0.4 is 5.32 Å². The molecule has 0 aliphatic heterocycles. The zero-order valence-electron chi connectivity index (χ0n) is 12.7. The third-order valence-electron chi connectivity index (χ3n) is 3.52. The van der Waals surface area contributed by atoms with Gasteiger partial charge in [-0.3, -0.25) is 9.59 Å². The van der Waals surface area contributed by atoms with Gasteiger partial charge in [-0.15, -0.1) is 0 Å². The summed E-state index contributed by atoms with van der Waals surface area (Å²) in [6.45, 7) is 8.92.